The molecule has 0 atom stereocenters. The largest absolute Gasteiger partial charge is 0.342 e. The van der Waals surface area contributed by atoms with Crippen LogP contribution in [0.3, 0.4) is 0 Å². The zero-order chi connectivity index (χ0) is 13.2. The summed E-state index contributed by atoms with van der Waals surface area (Å²) < 4.78 is 22.5. The lowest BCUT2D eigenvalue weighted by Crippen LogP contribution is -2.27. The molecule has 1 amide bonds. The third kappa shape index (κ3) is 3.20. The van der Waals surface area contributed by atoms with Gasteiger partial charge in [-0.1, -0.05) is 6.92 Å². The predicted molar refractivity (Wildman–Crippen MR) is 69.3 cm³/mol. The number of nitrogens with zero attached hydrogens (tertiary/aromatic N) is 1. The number of halogens is 1. The number of amides is 1. The average Bonchev–Trinajstić information content (AvgIpc) is 2.58. The molecule has 0 unspecified atom stereocenters. The Labute approximate surface area is 110 Å². The Hall–Kier alpha value is -0.590. The van der Waals surface area contributed by atoms with Gasteiger partial charge in [-0.2, -0.15) is 0 Å². The first kappa shape index (κ1) is 14.5. The number of rotatable bonds is 4. The molecule has 0 spiro atoms. The first-order chi connectivity index (χ1) is 7.79. The maximum atomic E-state index is 12.0. The van der Waals surface area contributed by atoms with Crippen LogP contribution >= 0.6 is 22.0 Å². The lowest BCUT2D eigenvalue weighted by Gasteiger charge is -2.15. The first-order valence-electron chi connectivity index (χ1n) is 5.07. The zero-order valence-electron chi connectivity index (χ0n) is 9.86. The molecule has 0 fully saturated rings. The van der Waals surface area contributed by atoms with Gasteiger partial charge in [-0.05, 0) is 18.9 Å². The Morgan fingerprint density at radius 1 is 1.53 bits per heavy atom. The van der Waals surface area contributed by atoms with E-state index >= 15 is 0 Å². The Balaban J connectivity index is 3.10. The average molecular weight is 296 g/mol. The molecule has 0 aliphatic rings. The van der Waals surface area contributed by atoms with Gasteiger partial charge in [-0.15, -0.1) is 11.3 Å². The minimum Gasteiger partial charge on any atom is -0.342 e. The van der Waals surface area contributed by atoms with Crippen molar-refractivity contribution in [2.24, 2.45) is 0 Å². The molecule has 0 saturated heterocycles. The molecule has 0 aliphatic carbocycles. The van der Waals surface area contributed by atoms with E-state index in [1.165, 1.54) is 0 Å². The standard InChI is InChI=1S/C10H14ClNO3S2/c1-4-5-12(3)9(13)8-6-16-10(7(8)2)17(11,14)15/h6H,4-5H2,1-3H3. The van der Waals surface area contributed by atoms with E-state index in [1.54, 1.807) is 24.3 Å². The molecular formula is C10H14ClNO3S2. The summed E-state index contributed by atoms with van der Waals surface area (Å²) in [4.78, 5) is 13.6. The van der Waals surface area contributed by atoms with Gasteiger partial charge in [0.2, 0.25) is 0 Å². The first-order valence-corrected chi connectivity index (χ1v) is 8.26. The molecule has 1 aromatic rings. The van der Waals surface area contributed by atoms with Gasteiger partial charge in [0.15, 0.2) is 0 Å². The maximum Gasteiger partial charge on any atom is 0.271 e. The summed E-state index contributed by atoms with van der Waals surface area (Å²) in [5, 5.41) is 1.54. The maximum absolute atomic E-state index is 12.0. The molecule has 1 rings (SSSR count). The van der Waals surface area contributed by atoms with Crippen LogP contribution in [0, 0.1) is 6.92 Å². The van der Waals surface area contributed by atoms with Crippen LogP contribution in [0.2, 0.25) is 0 Å². The van der Waals surface area contributed by atoms with Gasteiger partial charge in [-0.25, -0.2) is 8.42 Å². The van der Waals surface area contributed by atoms with E-state index in [1.807, 2.05) is 6.92 Å². The number of hydrogen-bond donors (Lipinski definition) is 0. The van der Waals surface area contributed by atoms with E-state index in [0.717, 1.165) is 17.8 Å². The van der Waals surface area contributed by atoms with Crippen molar-refractivity contribution in [3.63, 3.8) is 0 Å². The molecule has 0 aliphatic heterocycles. The lowest BCUT2D eigenvalue weighted by molar-refractivity contribution is 0.0795. The van der Waals surface area contributed by atoms with Gasteiger partial charge in [0.05, 0.1) is 5.56 Å². The molecular weight excluding hydrogens is 282 g/mol. The van der Waals surface area contributed by atoms with Crippen LogP contribution in [0.15, 0.2) is 9.59 Å². The molecule has 0 radical (unpaired) electrons. The van der Waals surface area contributed by atoms with Crippen LogP contribution in [-0.4, -0.2) is 32.8 Å². The van der Waals surface area contributed by atoms with Gasteiger partial charge in [-0.3, -0.25) is 4.79 Å². The quantitative estimate of drug-likeness (QED) is 0.802. The second-order valence-electron chi connectivity index (χ2n) is 3.73. The second kappa shape index (κ2) is 5.37. The highest BCUT2D eigenvalue weighted by Gasteiger charge is 2.23. The zero-order valence-corrected chi connectivity index (χ0v) is 12.2. The fourth-order valence-electron chi connectivity index (χ4n) is 1.49. The number of hydrogen-bond acceptors (Lipinski definition) is 4. The summed E-state index contributed by atoms with van der Waals surface area (Å²) in [6, 6.07) is 0. The third-order valence-electron chi connectivity index (χ3n) is 2.35. The fourth-order valence-corrected chi connectivity index (χ4v) is 4.04. The third-order valence-corrected chi connectivity index (χ3v) is 5.66. The predicted octanol–water partition coefficient (Wildman–Crippen LogP) is 2.47. The number of thiophene rings is 1. The van der Waals surface area contributed by atoms with Crippen molar-refractivity contribution in [2.75, 3.05) is 13.6 Å². The highest BCUT2D eigenvalue weighted by Crippen LogP contribution is 2.29. The van der Waals surface area contributed by atoms with Gasteiger partial charge in [0.1, 0.15) is 4.21 Å². The Bertz CT molecular complexity index is 522. The Morgan fingerprint density at radius 3 is 2.53 bits per heavy atom. The highest BCUT2D eigenvalue weighted by molar-refractivity contribution is 8.15. The SMILES string of the molecule is CCCN(C)C(=O)c1csc(S(=O)(=O)Cl)c1C. The number of carbonyl (C=O) groups is 1. The van der Waals surface area contributed by atoms with Crippen molar-refractivity contribution >= 4 is 37.0 Å². The molecule has 96 valence electrons. The van der Waals surface area contributed by atoms with Crippen LogP contribution in [-0.2, 0) is 9.05 Å². The van der Waals surface area contributed by atoms with E-state index in [0.29, 0.717) is 17.7 Å². The highest BCUT2D eigenvalue weighted by atomic mass is 35.7. The molecule has 0 bridgehead atoms. The minimum atomic E-state index is -3.76. The molecule has 4 nitrogen and oxygen atoms in total. The molecule has 0 aromatic carbocycles. The van der Waals surface area contributed by atoms with Gasteiger partial charge < -0.3 is 4.90 Å². The van der Waals surface area contributed by atoms with Crippen molar-refractivity contribution in [1.29, 1.82) is 0 Å². The van der Waals surface area contributed by atoms with E-state index in [4.69, 9.17) is 10.7 Å². The van der Waals surface area contributed by atoms with E-state index in [-0.39, 0.29) is 10.1 Å². The smallest absolute Gasteiger partial charge is 0.271 e. The monoisotopic (exact) mass is 295 g/mol. The second-order valence-corrected chi connectivity index (χ2v) is 7.37. The van der Waals surface area contributed by atoms with E-state index in [9.17, 15) is 13.2 Å². The van der Waals surface area contributed by atoms with Crippen LogP contribution in [0.1, 0.15) is 29.3 Å². The van der Waals surface area contributed by atoms with Gasteiger partial charge >= 0.3 is 0 Å². The van der Waals surface area contributed by atoms with E-state index in [2.05, 4.69) is 0 Å². The summed E-state index contributed by atoms with van der Waals surface area (Å²) in [6.07, 6.45) is 0.853. The van der Waals surface area contributed by atoms with Crippen LogP contribution in [0.4, 0.5) is 0 Å². The van der Waals surface area contributed by atoms with Gasteiger partial charge in [0, 0.05) is 29.7 Å². The van der Waals surface area contributed by atoms with Crippen LogP contribution < -0.4 is 0 Å². The summed E-state index contributed by atoms with van der Waals surface area (Å²) >= 11 is 0.980. The summed E-state index contributed by atoms with van der Waals surface area (Å²) in [6.45, 7) is 4.20. The van der Waals surface area contributed by atoms with Crippen molar-refractivity contribution in [3.8, 4) is 0 Å². The lowest BCUT2D eigenvalue weighted by atomic mass is 10.2. The Kier molecular flexibility index (Phi) is 4.57. The Morgan fingerprint density at radius 2 is 2.12 bits per heavy atom. The van der Waals surface area contributed by atoms with E-state index < -0.39 is 9.05 Å². The summed E-state index contributed by atoms with van der Waals surface area (Å²) in [7, 11) is 3.21. The molecule has 1 aromatic heterocycles. The van der Waals surface area contributed by atoms with Crippen molar-refractivity contribution in [2.45, 2.75) is 24.5 Å². The number of carbonyl (C=O) groups excluding carboxylic acids is 1. The molecule has 0 saturated carbocycles. The minimum absolute atomic E-state index is 0.0485. The van der Waals surface area contributed by atoms with Crippen LogP contribution in [0.25, 0.3) is 0 Å². The summed E-state index contributed by atoms with van der Waals surface area (Å²) in [5.41, 5.74) is 0.836. The molecule has 0 N–H and O–H groups in total. The van der Waals surface area contributed by atoms with Crippen molar-refractivity contribution < 1.29 is 13.2 Å². The molecule has 7 heteroatoms. The van der Waals surface area contributed by atoms with Crippen molar-refractivity contribution in [1.82, 2.24) is 4.90 Å². The molecule has 1 heterocycles. The summed E-state index contributed by atoms with van der Waals surface area (Å²) in [5.74, 6) is -0.174. The van der Waals surface area contributed by atoms with Crippen molar-refractivity contribution in [3.05, 3.63) is 16.5 Å². The normalized spacial score (nSPS) is 11.5. The molecule has 17 heavy (non-hydrogen) atoms. The topological polar surface area (TPSA) is 54.5 Å². The van der Waals surface area contributed by atoms with Gasteiger partial charge in [0.25, 0.3) is 15.0 Å². The van der Waals surface area contributed by atoms with Crippen LogP contribution in [0.5, 0.6) is 0 Å². The fraction of sp³-hybridized carbons (Fsp3) is 0.500.